The Bertz CT molecular complexity index is 929. The molecule has 0 aliphatic carbocycles. The van der Waals surface area contributed by atoms with Gasteiger partial charge in [0, 0.05) is 24.9 Å². The van der Waals surface area contributed by atoms with Gasteiger partial charge in [0.15, 0.2) is 11.5 Å². The molecule has 2 aromatic rings. The zero-order valence-corrected chi connectivity index (χ0v) is 15.7. The van der Waals surface area contributed by atoms with E-state index in [1.54, 1.807) is 30.3 Å². The molecule has 6 nitrogen and oxygen atoms in total. The summed E-state index contributed by atoms with van der Waals surface area (Å²) in [5, 5.41) is 3.07. The number of halogens is 2. The van der Waals surface area contributed by atoms with Crippen molar-refractivity contribution in [1.29, 1.82) is 0 Å². The van der Waals surface area contributed by atoms with Crippen LogP contribution in [0.3, 0.4) is 0 Å². The van der Waals surface area contributed by atoms with E-state index in [0.29, 0.717) is 59.8 Å². The molecule has 1 saturated heterocycles. The number of carbonyl (C=O) groups is 1. The van der Waals surface area contributed by atoms with Gasteiger partial charge in [0.05, 0.1) is 23.9 Å². The third kappa shape index (κ3) is 4.05. The van der Waals surface area contributed by atoms with Crippen LogP contribution >= 0.6 is 11.6 Å². The second kappa shape index (κ2) is 8.08. The quantitative estimate of drug-likeness (QED) is 0.787. The van der Waals surface area contributed by atoms with E-state index in [-0.39, 0.29) is 18.5 Å². The zero-order chi connectivity index (χ0) is 19.5. The first-order valence-electron chi connectivity index (χ1n) is 8.80. The number of amides is 1. The molecular formula is C20H18ClFN2O4. The van der Waals surface area contributed by atoms with Crippen LogP contribution in [-0.4, -0.2) is 39.0 Å². The molecule has 0 atom stereocenters. The monoisotopic (exact) mass is 404 g/mol. The Morgan fingerprint density at radius 1 is 1.18 bits per heavy atom. The number of ether oxygens (including phenoxy) is 3. The number of morpholine rings is 1. The lowest BCUT2D eigenvalue weighted by Gasteiger charge is -2.29. The van der Waals surface area contributed by atoms with E-state index < -0.39 is 0 Å². The summed E-state index contributed by atoms with van der Waals surface area (Å²) in [7, 11) is 0. The predicted octanol–water partition coefficient (Wildman–Crippen LogP) is 3.70. The SMILES string of the molecule is O=C(/C=C/c1cc(Cl)c2c(c1)OCO2)Nc1ccc(N2CCOCC2)c(F)c1. The second-order valence-corrected chi connectivity index (χ2v) is 6.73. The molecule has 1 amide bonds. The summed E-state index contributed by atoms with van der Waals surface area (Å²) in [6, 6.07) is 8.06. The van der Waals surface area contributed by atoms with Crippen molar-refractivity contribution in [1.82, 2.24) is 0 Å². The Morgan fingerprint density at radius 2 is 2.00 bits per heavy atom. The van der Waals surface area contributed by atoms with E-state index in [1.165, 1.54) is 12.1 Å². The maximum atomic E-state index is 14.4. The highest BCUT2D eigenvalue weighted by molar-refractivity contribution is 6.32. The third-order valence-electron chi connectivity index (χ3n) is 4.44. The van der Waals surface area contributed by atoms with E-state index in [2.05, 4.69) is 5.32 Å². The molecule has 0 unspecified atom stereocenters. The minimum atomic E-state index is -0.383. The smallest absolute Gasteiger partial charge is 0.248 e. The van der Waals surface area contributed by atoms with Gasteiger partial charge < -0.3 is 24.4 Å². The van der Waals surface area contributed by atoms with Crippen LogP contribution in [0.25, 0.3) is 6.08 Å². The van der Waals surface area contributed by atoms with Gasteiger partial charge in [-0.1, -0.05) is 11.6 Å². The molecule has 2 aliphatic heterocycles. The topological polar surface area (TPSA) is 60.0 Å². The van der Waals surface area contributed by atoms with Crippen LogP contribution < -0.4 is 19.7 Å². The fraction of sp³-hybridized carbons (Fsp3) is 0.250. The van der Waals surface area contributed by atoms with Crippen LogP contribution in [0.2, 0.25) is 5.02 Å². The molecule has 2 heterocycles. The summed E-state index contributed by atoms with van der Waals surface area (Å²) in [5.41, 5.74) is 1.58. The minimum absolute atomic E-state index is 0.120. The number of nitrogens with one attached hydrogen (secondary N) is 1. The highest BCUT2D eigenvalue weighted by Crippen LogP contribution is 2.40. The van der Waals surface area contributed by atoms with Gasteiger partial charge in [-0.05, 0) is 42.0 Å². The summed E-state index contributed by atoms with van der Waals surface area (Å²) in [6.45, 7) is 2.56. The Balaban J connectivity index is 1.41. The van der Waals surface area contributed by atoms with Crippen molar-refractivity contribution in [3.05, 3.63) is 52.8 Å². The maximum Gasteiger partial charge on any atom is 0.248 e. The third-order valence-corrected chi connectivity index (χ3v) is 4.72. The van der Waals surface area contributed by atoms with Crippen LogP contribution in [0.1, 0.15) is 5.56 Å². The summed E-state index contributed by atoms with van der Waals surface area (Å²) < 4.78 is 30.2. The Kier molecular flexibility index (Phi) is 5.36. The number of nitrogens with zero attached hydrogens (tertiary/aromatic N) is 1. The highest BCUT2D eigenvalue weighted by atomic mass is 35.5. The first-order valence-corrected chi connectivity index (χ1v) is 9.18. The number of rotatable bonds is 4. The fourth-order valence-electron chi connectivity index (χ4n) is 3.08. The average molecular weight is 405 g/mol. The highest BCUT2D eigenvalue weighted by Gasteiger charge is 2.18. The van der Waals surface area contributed by atoms with E-state index in [1.807, 2.05) is 4.90 Å². The number of benzene rings is 2. The predicted molar refractivity (Wildman–Crippen MR) is 105 cm³/mol. The van der Waals surface area contributed by atoms with Crippen molar-refractivity contribution < 1.29 is 23.4 Å². The van der Waals surface area contributed by atoms with Gasteiger partial charge in [-0.15, -0.1) is 0 Å². The van der Waals surface area contributed by atoms with Crippen molar-refractivity contribution in [2.45, 2.75) is 0 Å². The van der Waals surface area contributed by atoms with E-state index in [4.69, 9.17) is 25.8 Å². The molecule has 0 radical (unpaired) electrons. The van der Waals surface area contributed by atoms with Crippen LogP contribution in [0.5, 0.6) is 11.5 Å². The van der Waals surface area contributed by atoms with Gasteiger partial charge in [-0.2, -0.15) is 0 Å². The number of hydrogen-bond acceptors (Lipinski definition) is 5. The molecule has 8 heteroatoms. The Labute approximate surface area is 166 Å². The van der Waals surface area contributed by atoms with Gasteiger partial charge in [0.2, 0.25) is 12.7 Å². The number of fused-ring (bicyclic) bond motifs is 1. The second-order valence-electron chi connectivity index (χ2n) is 6.32. The van der Waals surface area contributed by atoms with Gasteiger partial charge >= 0.3 is 0 Å². The van der Waals surface area contributed by atoms with Gasteiger partial charge in [0.1, 0.15) is 5.82 Å². The van der Waals surface area contributed by atoms with Crippen LogP contribution in [0.4, 0.5) is 15.8 Å². The van der Waals surface area contributed by atoms with Gasteiger partial charge in [0.25, 0.3) is 0 Å². The molecular weight excluding hydrogens is 387 g/mol. The molecule has 146 valence electrons. The van der Waals surface area contributed by atoms with Crippen molar-refractivity contribution >= 4 is 35.0 Å². The lowest BCUT2D eigenvalue weighted by atomic mass is 10.2. The molecule has 0 saturated carbocycles. The average Bonchev–Trinajstić information content (AvgIpc) is 3.16. The summed E-state index contributed by atoms with van der Waals surface area (Å²) in [5.74, 6) is 0.269. The Hall–Kier alpha value is -2.77. The van der Waals surface area contributed by atoms with Crippen LogP contribution in [0, 0.1) is 5.82 Å². The van der Waals surface area contributed by atoms with Crippen molar-refractivity contribution in [2.24, 2.45) is 0 Å². The van der Waals surface area contributed by atoms with Crippen LogP contribution in [-0.2, 0) is 9.53 Å². The molecule has 0 spiro atoms. The molecule has 1 fully saturated rings. The van der Waals surface area contributed by atoms with E-state index in [0.717, 1.165) is 0 Å². The fourth-order valence-corrected chi connectivity index (χ4v) is 3.36. The van der Waals surface area contributed by atoms with E-state index >= 15 is 0 Å². The van der Waals surface area contributed by atoms with Crippen molar-refractivity contribution in [3.63, 3.8) is 0 Å². The lowest BCUT2D eigenvalue weighted by molar-refractivity contribution is -0.111. The molecule has 28 heavy (non-hydrogen) atoms. The van der Waals surface area contributed by atoms with E-state index in [9.17, 15) is 9.18 Å². The van der Waals surface area contributed by atoms with Crippen molar-refractivity contribution in [2.75, 3.05) is 43.3 Å². The first-order chi connectivity index (χ1) is 13.6. The summed E-state index contributed by atoms with van der Waals surface area (Å²) >= 11 is 6.12. The number of carbonyl (C=O) groups excluding carboxylic acids is 1. The molecule has 0 bridgehead atoms. The minimum Gasteiger partial charge on any atom is -0.454 e. The molecule has 1 N–H and O–H groups in total. The molecule has 4 rings (SSSR count). The maximum absolute atomic E-state index is 14.4. The molecule has 0 aromatic heterocycles. The molecule has 2 aromatic carbocycles. The standard InChI is InChI=1S/C20H18ClFN2O4/c21-15-9-13(10-18-20(15)28-12-27-18)1-4-19(25)23-14-2-3-17(16(22)11-14)24-5-7-26-8-6-24/h1-4,9-11H,5-8,12H2,(H,23,25)/b4-1+. The van der Waals surface area contributed by atoms with Gasteiger partial charge in [-0.25, -0.2) is 4.39 Å². The van der Waals surface area contributed by atoms with Crippen LogP contribution in [0.15, 0.2) is 36.4 Å². The van der Waals surface area contributed by atoms with Crippen molar-refractivity contribution in [3.8, 4) is 11.5 Å². The largest absolute Gasteiger partial charge is 0.454 e. The Morgan fingerprint density at radius 3 is 2.79 bits per heavy atom. The number of hydrogen-bond donors (Lipinski definition) is 1. The summed E-state index contributed by atoms with van der Waals surface area (Å²) in [6.07, 6.45) is 2.95. The zero-order valence-electron chi connectivity index (χ0n) is 14.9. The number of anilines is 2. The normalized spacial score (nSPS) is 15.9. The summed E-state index contributed by atoms with van der Waals surface area (Å²) in [4.78, 5) is 14.1. The molecule has 2 aliphatic rings. The lowest BCUT2D eigenvalue weighted by Crippen LogP contribution is -2.36. The first kappa shape index (κ1) is 18.6. The van der Waals surface area contributed by atoms with Gasteiger partial charge in [-0.3, -0.25) is 4.79 Å².